The van der Waals surface area contributed by atoms with Crippen molar-refractivity contribution < 1.29 is 9.18 Å². The second kappa shape index (κ2) is 7.03. The first-order valence-electron chi connectivity index (χ1n) is 7.73. The molecular weight excluding hydrogens is 345 g/mol. The third-order valence-corrected chi connectivity index (χ3v) is 4.05. The van der Waals surface area contributed by atoms with E-state index in [1.165, 1.54) is 22.8 Å². The van der Waals surface area contributed by atoms with Gasteiger partial charge in [-0.15, -0.1) is 0 Å². The number of aryl methyl sites for hydroxylation is 1. The molecule has 5 nitrogen and oxygen atoms in total. The average Bonchev–Trinajstić information content (AvgIpc) is 2.60. The van der Waals surface area contributed by atoms with Gasteiger partial charge in [0.25, 0.3) is 5.56 Å². The predicted octanol–water partition coefficient (Wildman–Crippen LogP) is 3.39. The molecule has 2 aromatic carbocycles. The number of amides is 1. The molecule has 1 heterocycles. The van der Waals surface area contributed by atoms with Crippen LogP contribution in [-0.2, 0) is 17.8 Å². The van der Waals surface area contributed by atoms with E-state index >= 15 is 0 Å². The number of carbonyl (C=O) groups excluding carboxylic acids is 1. The Morgan fingerprint density at radius 1 is 1.28 bits per heavy atom. The van der Waals surface area contributed by atoms with Gasteiger partial charge in [-0.2, -0.15) is 0 Å². The third kappa shape index (κ3) is 3.53. The van der Waals surface area contributed by atoms with Crippen molar-refractivity contribution in [3.63, 3.8) is 0 Å². The lowest BCUT2D eigenvalue weighted by atomic mass is 10.2. The molecule has 0 aliphatic rings. The van der Waals surface area contributed by atoms with Crippen LogP contribution < -0.4 is 10.9 Å². The Kier molecular flexibility index (Phi) is 4.81. The van der Waals surface area contributed by atoms with Crippen LogP contribution in [0.2, 0.25) is 5.02 Å². The Labute approximate surface area is 148 Å². The summed E-state index contributed by atoms with van der Waals surface area (Å²) in [4.78, 5) is 29.4. The van der Waals surface area contributed by atoms with Gasteiger partial charge in [0.05, 0.1) is 15.9 Å². The molecule has 3 aromatic rings. The van der Waals surface area contributed by atoms with E-state index in [0.29, 0.717) is 28.8 Å². The van der Waals surface area contributed by atoms with Crippen molar-refractivity contribution in [3.05, 3.63) is 69.5 Å². The van der Waals surface area contributed by atoms with Crippen LogP contribution in [0.15, 0.2) is 47.3 Å². The van der Waals surface area contributed by atoms with Crippen molar-refractivity contribution in [3.8, 4) is 0 Å². The molecule has 0 bridgehead atoms. The number of fused-ring (bicyclic) bond motifs is 1. The fourth-order valence-electron chi connectivity index (χ4n) is 2.56. The van der Waals surface area contributed by atoms with Crippen molar-refractivity contribution in [2.45, 2.75) is 19.9 Å². The highest BCUT2D eigenvalue weighted by Gasteiger charge is 2.13. The summed E-state index contributed by atoms with van der Waals surface area (Å²) in [5, 5.41) is 2.98. The quantitative estimate of drug-likeness (QED) is 0.776. The highest BCUT2D eigenvalue weighted by atomic mass is 35.5. The Balaban J connectivity index is 1.91. The molecule has 0 saturated carbocycles. The lowest BCUT2D eigenvalue weighted by Gasteiger charge is -2.12. The summed E-state index contributed by atoms with van der Waals surface area (Å²) in [6.45, 7) is 1.68. The number of nitrogens with zero attached hydrogens (tertiary/aromatic N) is 2. The molecule has 0 saturated heterocycles. The number of rotatable bonds is 4. The Bertz CT molecular complexity index is 1020. The lowest BCUT2D eigenvalue weighted by molar-refractivity contribution is -0.116. The van der Waals surface area contributed by atoms with E-state index in [2.05, 4.69) is 10.3 Å². The topological polar surface area (TPSA) is 64.0 Å². The van der Waals surface area contributed by atoms with Gasteiger partial charge in [-0.05, 0) is 30.3 Å². The van der Waals surface area contributed by atoms with Crippen LogP contribution in [0.4, 0.5) is 10.1 Å². The van der Waals surface area contributed by atoms with E-state index in [0.717, 1.165) is 0 Å². The van der Waals surface area contributed by atoms with Crippen LogP contribution in [0.5, 0.6) is 0 Å². The van der Waals surface area contributed by atoms with Crippen LogP contribution in [0.1, 0.15) is 12.7 Å². The first-order valence-corrected chi connectivity index (χ1v) is 8.10. The van der Waals surface area contributed by atoms with Gasteiger partial charge < -0.3 is 5.32 Å². The Hall–Kier alpha value is -2.73. The van der Waals surface area contributed by atoms with Gasteiger partial charge in [-0.1, -0.05) is 30.7 Å². The molecule has 1 amide bonds. The summed E-state index contributed by atoms with van der Waals surface area (Å²) in [7, 11) is 0. The molecule has 7 heteroatoms. The summed E-state index contributed by atoms with van der Waals surface area (Å²) in [6.07, 6.45) is 0.510. The fourth-order valence-corrected chi connectivity index (χ4v) is 2.75. The zero-order chi connectivity index (χ0) is 18.0. The summed E-state index contributed by atoms with van der Waals surface area (Å²) >= 11 is 5.70. The average molecular weight is 360 g/mol. The minimum Gasteiger partial charge on any atom is -0.324 e. The zero-order valence-corrected chi connectivity index (χ0v) is 14.2. The Morgan fingerprint density at radius 3 is 2.76 bits per heavy atom. The minimum absolute atomic E-state index is 0.0865. The molecule has 0 unspecified atom stereocenters. The molecule has 0 aliphatic heterocycles. The zero-order valence-electron chi connectivity index (χ0n) is 13.4. The maximum atomic E-state index is 13.2. The van der Waals surface area contributed by atoms with Crippen molar-refractivity contribution in [2.24, 2.45) is 0 Å². The molecule has 0 atom stereocenters. The lowest BCUT2D eigenvalue weighted by Crippen LogP contribution is -2.31. The molecule has 0 radical (unpaired) electrons. The molecule has 25 heavy (non-hydrogen) atoms. The largest absolute Gasteiger partial charge is 0.324 e. The van der Waals surface area contributed by atoms with Crippen LogP contribution in [0, 0.1) is 5.82 Å². The summed E-state index contributed by atoms with van der Waals surface area (Å²) in [5.41, 5.74) is 0.692. The normalized spacial score (nSPS) is 10.8. The predicted molar refractivity (Wildman–Crippen MR) is 95.4 cm³/mol. The number of benzene rings is 2. The second-order valence-electron chi connectivity index (χ2n) is 5.47. The number of halogens is 2. The number of anilines is 1. The maximum absolute atomic E-state index is 13.2. The number of carbonyl (C=O) groups is 1. The van der Waals surface area contributed by atoms with E-state index in [9.17, 15) is 14.0 Å². The highest BCUT2D eigenvalue weighted by molar-refractivity contribution is 6.31. The first-order chi connectivity index (χ1) is 12.0. The van der Waals surface area contributed by atoms with Gasteiger partial charge in [-0.25, -0.2) is 9.37 Å². The van der Waals surface area contributed by atoms with Crippen molar-refractivity contribution in [2.75, 3.05) is 5.32 Å². The van der Waals surface area contributed by atoms with Crippen LogP contribution >= 0.6 is 11.6 Å². The van der Waals surface area contributed by atoms with Crippen LogP contribution in [0.25, 0.3) is 10.9 Å². The van der Waals surface area contributed by atoms with Gasteiger partial charge >= 0.3 is 0 Å². The summed E-state index contributed by atoms with van der Waals surface area (Å²) in [5.74, 6) is -0.463. The highest BCUT2D eigenvalue weighted by Crippen LogP contribution is 2.19. The van der Waals surface area contributed by atoms with Crippen molar-refractivity contribution >= 4 is 34.1 Å². The van der Waals surface area contributed by atoms with Gasteiger partial charge in [0.15, 0.2) is 0 Å². The number of nitrogens with one attached hydrogen (secondary N) is 1. The smallest absolute Gasteiger partial charge is 0.261 e. The molecule has 3 rings (SSSR count). The van der Waals surface area contributed by atoms with Gasteiger partial charge in [0, 0.05) is 12.1 Å². The minimum atomic E-state index is -0.567. The molecule has 1 aromatic heterocycles. The van der Waals surface area contributed by atoms with Crippen molar-refractivity contribution in [1.29, 1.82) is 0 Å². The van der Waals surface area contributed by atoms with E-state index in [1.54, 1.807) is 18.2 Å². The summed E-state index contributed by atoms with van der Waals surface area (Å²) < 4.78 is 14.5. The maximum Gasteiger partial charge on any atom is 0.261 e. The molecule has 128 valence electrons. The van der Waals surface area contributed by atoms with Gasteiger partial charge in [0.2, 0.25) is 5.91 Å². The summed E-state index contributed by atoms with van der Waals surface area (Å²) in [6, 6.07) is 10.9. The van der Waals surface area contributed by atoms with Crippen molar-refractivity contribution in [1.82, 2.24) is 9.55 Å². The molecular formula is C18H15ClFN3O2. The van der Waals surface area contributed by atoms with E-state index in [1.807, 2.05) is 13.0 Å². The molecule has 0 fully saturated rings. The molecule has 0 aliphatic carbocycles. The standard InChI is InChI=1S/C18H15ClFN3O2/c1-2-16-22-15-6-4-3-5-12(15)18(25)23(16)10-17(24)21-11-7-8-14(20)13(19)9-11/h3-9H,2,10H2,1H3,(H,21,24). The Morgan fingerprint density at radius 2 is 2.04 bits per heavy atom. The van der Waals surface area contributed by atoms with Gasteiger partial charge in [-0.3, -0.25) is 14.2 Å². The number of para-hydroxylation sites is 1. The van der Waals surface area contributed by atoms with E-state index in [4.69, 9.17) is 11.6 Å². The first kappa shape index (κ1) is 17.1. The van der Waals surface area contributed by atoms with Gasteiger partial charge in [0.1, 0.15) is 18.2 Å². The van der Waals surface area contributed by atoms with Crippen LogP contribution in [-0.4, -0.2) is 15.5 Å². The van der Waals surface area contributed by atoms with E-state index < -0.39 is 11.7 Å². The SMILES string of the molecule is CCc1nc2ccccc2c(=O)n1CC(=O)Nc1ccc(F)c(Cl)c1. The number of aromatic nitrogens is 2. The fraction of sp³-hybridized carbons (Fsp3) is 0.167. The second-order valence-corrected chi connectivity index (χ2v) is 5.87. The van der Waals surface area contributed by atoms with E-state index in [-0.39, 0.29) is 17.1 Å². The number of hydrogen-bond donors (Lipinski definition) is 1. The molecule has 0 spiro atoms. The number of hydrogen-bond acceptors (Lipinski definition) is 3. The van der Waals surface area contributed by atoms with Crippen LogP contribution in [0.3, 0.4) is 0 Å². The third-order valence-electron chi connectivity index (χ3n) is 3.76. The monoisotopic (exact) mass is 359 g/mol. The molecule has 1 N–H and O–H groups in total.